The molecule has 1 saturated heterocycles. The fourth-order valence-corrected chi connectivity index (χ4v) is 3.03. The van der Waals surface area contributed by atoms with Gasteiger partial charge in [0, 0.05) is 18.1 Å². The number of hydrogen-bond donors (Lipinski definition) is 0. The average Bonchev–Trinajstić information content (AvgIpc) is 2.41. The Bertz CT molecular complexity index is 178. The molecule has 1 heterocycles. The van der Waals surface area contributed by atoms with Crippen LogP contribution in [0, 0.1) is 11.8 Å². The summed E-state index contributed by atoms with van der Waals surface area (Å²) in [7, 11) is 0. The predicted octanol–water partition coefficient (Wildman–Crippen LogP) is 2.52. The lowest BCUT2D eigenvalue weighted by Gasteiger charge is -2.40. The fraction of sp³-hybridized carbons (Fsp3) is 1.00. The lowest BCUT2D eigenvalue weighted by molar-refractivity contribution is 0.0813. The molecule has 12 heavy (non-hydrogen) atoms. The van der Waals surface area contributed by atoms with E-state index in [-0.39, 0.29) is 0 Å². The Balaban J connectivity index is 2.08. The number of rotatable bonds is 0. The average molecular weight is 167 g/mol. The van der Waals surface area contributed by atoms with Gasteiger partial charge in [0.05, 0.1) is 0 Å². The summed E-state index contributed by atoms with van der Waals surface area (Å²) >= 11 is 0. The van der Waals surface area contributed by atoms with Gasteiger partial charge in [-0.25, -0.2) is 0 Å². The number of hydrogen-bond acceptors (Lipinski definition) is 1. The second-order valence-corrected chi connectivity index (χ2v) is 5.69. The largest absolute Gasteiger partial charge is 0.295 e. The molecule has 0 spiro atoms. The molecule has 1 saturated carbocycles. The van der Waals surface area contributed by atoms with E-state index >= 15 is 0 Å². The molecule has 0 radical (unpaired) electrons. The monoisotopic (exact) mass is 167 g/mol. The first-order valence-corrected chi connectivity index (χ1v) is 5.25. The molecule has 1 nitrogen and oxygen atoms in total. The quantitative estimate of drug-likeness (QED) is 0.536. The van der Waals surface area contributed by atoms with Crippen molar-refractivity contribution in [3.8, 4) is 0 Å². The summed E-state index contributed by atoms with van der Waals surface area (Å²) in [6.07, 6.45) is 2.92. The van der Waals surface area contributed by atoms with Crippen LogP contribution < -0.4 is 0 Å². The second kappa shape index (κ2) is 2.47. The topological polar surface area (TPSA) is 3.24 Å². The summed E-state index contributed by atoms with van der Waals surface area (Å²) in [5.41, 5.74) is 0.402. The molecule has 1 aliphatic heterocycles. The molecule has 2 rings (SSSR count). The van der Waals surface area contributed by atoms with Crippen molar-refractivity contribution in [2.75, 3.05) is 6.54 Å². The van der Waals surface area contributed by atoms with Crippen molar-refractivity contribution in [2.45, 2.75) is 52.1 Å². The molecule has 0 unspecified atom stereocenters. The Hall–Kier alpha value is -0.0400. The molecule has 2 aliphatic rings. The van der Waals surface area contributed by atoms with Crippen molar-refractivity contribution in [3.63, 3.8) is 0 Å². The van der Waals surface area contributed by atoms with E-state index in [0.29, 0.717) is 5.54 Å². The second-order valence-electron chi connectivity index (χ2n) is 5.69. The highest BCUT2D eigenvalue weighted by atomic mass is 15.2. The molecule has 0 aromatic rings. The van der Waals surface area contributed by atoms with Crippen molar-refractivity contribution >= 4 is 0 Å². The lowest BCUT2D eigenvalue weighted by Crippen LogP contribution is -2.47. The molecule has 2 bridgehead atoms. The first-order chi connectivity index (χ1) is 5.48. The van der Waals surface area contributed by atoms with Crippen molar-refractivity contribution < 1.29 is 0 Å². The maximum absolute atomic E-state index is 2.71. The van der Waals surface area contributed by atoms with Crippen LogP contribution in [0.1, 0.15) is 40.5 Å². The van der Waals surface area contributed by atoms with E-state index in [0.717, 1.165) is 17.9 Å². The zero-order valence-corrected chi connectivity index (χ0v) is 8.80. The summed E-state index contributed by atoms with van der Waals surface area (Å²) < 4.78 is 0. The molecular weight excluding hydrogens is 146 g/mol. The normalized spacial score (nSPS) is 42.5. The highest BCUT2D eigenvalue weighted by Crippen LogP contribution is 2.44. The molecule has 1 aliphatic carbocycles. The zero-order chi connectivity index (χ0) is 8.93. The van der Waals surface area contributed by atoms with E-state index in [2.05, 4.69) is 32.6 Å². The summed E-state index contributed by atoms with van der Waals surface area (Å²) in [4.78, 5) is 2.71. The summed E-state index contributed by atoms with van der Waals surface area (Å²) in [6.45, 7) is 10.8. The number of nitrogens with zero attached hydrogens (tertiary/aromatic N) is 1. The van der Waals surface area contributed by atoms with Gasteiger partial charge in [-0.1, -0.05) is 6.92 Å². The van der Waals surface area contributed by atoms with E-state index in [1.165, 1.54) is 19.4 Å². The first kappa shape index (κ1) is 8.55. The third kappa shape index (κ3) is 1.19. The van der Waals surface area contributed by atoms with Gasteiger partial charge in [-0.2, -0.15) is 0 Å². The van der Waals surface area contributed by atoms with Gasteiger partial charge in [0.1, 0.15) is 0 Å². The van der Waals surface area contributed by atoms with Crippen LogP contribution in [0.2, 0.25) is 0 Å². The first-order valence-electron chi connectivity index (χ1n) is 5.25. The van der Waals surface area contributed by atoms with Crippen LogP contribution in [0.4, 0.5) is 0 Å². The van der Waals surface area contributed by atoms with Crippen molar-refractivity contribution in [1.29, 1.82) is 0 Å². The molecule has 0 aromatic carbocycles. The van der Waals surface area contributed by atoms with Crippen molar-refractivity contribution in [2.24, 2.45) is 11.8 Å². The summed E-state index contributed by atoms with van der Waals surface area (Å²) in [5.74, 6) is 2.00. The van der Waals surface area contributed by atoms with Crippen LogP contribution in [-0.2, 0) is 0 Å². The SMILES string of the molecule is C[C@@H]1C[C@H]2C[C@@H]1CN2C(C)(C)C. The molecule has 2 fully saturated rings. The highest BCUT2D eigenvalue weighted by molar-refractivity contribution is 4.99. The number of likely N-dealkylation sites (tertiary alicyclic amines) is 1. The molecule has 0 aromatic heterocycles. The standard InChI is InChI=1S/C11H21N/c1-8-5-10-6-9(8)7-12(10)11(2,3)4/h8-10H,5-7H2,1-4H3/t8-,9-,10+/m1/s1. The maximum atomic E-state index is 2.71. The Morgan fingerprint density at radius 2 is 1.83 bits per heavy atom. The number of fused-ring (bicyclic) bond motifs is 2. The van der Waals surface area contributed by atoms with Crippen LogP contribution in [0.5, 0.6) is 0 Å². The van der Waals surface area contributed by atoms with Crippen LogP contribution in [0.3, 0.4) is 0 Å². The minimum atomic E-state index is 0.402. The Morgan fingerprint density at radius 1 is 1.17 bits per heavy atom. The smallest absolute Gasteiger partial charge is 0.0128 e. The zero-order valence-electron chi connectivity index (χ0n) is 8.80. The molecule has 70 valence electrons. The Kier molecular flexibility index (Phi) is 1.76. The highest BCUT2D eigenvalue weighted by Gasteiger charge is 2.45. The Labute approximate surface area is 76.1 Å². The maximum Gasteiger partial charge on any atom is 0.0128 e. The van der Waals surface area contributed by atoms with Crippen LogP contribution >= 0.6 is 0 Å². The molecular formula is C11H21N. The van der Waals surface area contributed by atoms with E-state index in [9.17, 15) is 0 Å². The van der Waals surface area contributed by atoms with Gasteiger partial charge in [0.25, 0.3) is 0 Å². The van der Waals surface area contributed by atoms with Crippen molar-refractivity contribution in [1.82, 2.24) is 4.90 Å². The van der Waals surface area contributed by atoms with Gasteiger partial charge in [-0.15, -0.1) is 0 Å². The minimum Gasteiger partial charge on any atom is -0.295 e. The molecule has 1 heteroatoms. The van der Waals surface area contributed by atoms with Gasteiger partial charge < -0.3 is 0 Å². The van der Waals surface area contributed by atoms with Gasteiger partial charge >= 0.3 is 0 Å². The lowest BCUT2D eigenvalue weighted by atomic mass is 9.94. The number of piperidine rings is 1. The summed E-state index contributed by atoms with van der Waals surface area (Å²) in [5, 5.41) is 0. The van der Waals surface area contributed by atoms with Crippen molar-refractivity contribution in [3.05, 3.63) is 0 Å². The van der Waals surface area contributed by atoms with Gasteiger partial charge in [-0.3, -0.25) is 4.90 Å². The predicted molar refractivity (Wildman–Crippen MR) is 52.1 cm³/mol. The van der Waals surface area contributed by atoms with Gasteiger partial charge in [-0.05, 0) is 45.4 Å². The van der Waals surface area contributed by atoms with E-state index in [1.54, 1.807) is 0 Å². The van der Waals surface area contributed by atoms with Gasteiger partial charge in [0.2, 0.25) is 0 Å². The summed E-state index contributed by atoms with van der Waals surface area (Å²) in [6, 6.07) is 0.907. The van der Waals surface area contributed by atoms with Crippen LogP contribution in [-0.4, -0.2) is 23.0 Å². The van der Waals surface area contributed by atoms with Crippen LogP contribution in [0.15, 0.2) is 0 Å². The fourth-order valence-electron chi connectivity index (χ4n) is 3.03. The molecule has 0 N–H and O–H groups in total. The van der Waals surface area contributed by atoms with E-state index in [4.69, 9.17) is 0 Å². The van der Waals surface area contributed by atoms with E-state index in [1.807, 2.05) is 0 Å². The minimum absolute atomic E-state index is 0.402. The molecule has 0 amide bonds. The van der Waals surface area contributed by atoms with Gasteiger partial charge in [0.15, 0.2) is 0 Å². The molecule has 3 atom stereocenters. The van der Waals surface area contributed by atoms with Crippen LogP contribution in [0.25, 0.3) is 0 Å². The Morgan fingerprint density at radius 3 is 2.17 bits per heavy atom. The third-order valence-electron chi connectivity index (χ3n) is 3.76. The third-order valence-corrected chi connectivity index (χ3v) is 3.76. The van der Waals surface area contributed by atoms with E-state index < -0.39 is 0 Å².